The summed E-state index contributed by atoms with van der Waals surface area (Å²) in [6, 6.07) is 7.29. The van der Waals surface area contributed by atoms with Crippen LogP contribution in [0.15, 0.2) is 24.3 Å². The standard InChI is InChI=1S/C18H25N3O4/c1-4-20-10-11-21(18(24)17(20)23)12-16(22)19-13(3)14-6-8-15(9-7-14)25-5-2/h6-9,13H,4-5,10-12H2,1-3H3,(H,19,22)/t13-/m1/s1. The molecule has 1 heterocycles. The van der Waals surface area contributed by atoms with Crippen LogP contribution in [0.3, 0.4) is 0 Å². The molecule has 1 fully saturated rings. The van der Waals surface area contributed by atoms with Crippen LogP contribution in [0.2, 0.25) is 0 Å². The Kier molecular flexibility index (Phi) is 6.38. The molecule has 1 aromatic rings. The summed E-state index contributed by atoms with van der Waals surface area (Å²) in [6.45, 7) is 7.45. The first-order chi connectivity index (χ1) is 12.0. The summed E-state index contributed by atoms with van der Waals surface area (Å²) in [7, 11) is 0. The zero-order valence-corrected chi connectivity index (χ0v) is 14.9. The zero-order valence-electron chi connectivity index (χ0n) is 14.9. The zero-order chi connectivity index (χ0) is 18.4. The van der Waals surface area contributed by atoms with Gasteiger partial charge in [0.15, 0.2) is 0 Å². The maximum Gasteiger partial charge on any atom is 0.312 e. The van der Waals surface area contributed by atoms with E-state index in [1.165, 1.54) is 9.80 Å². The molecule has 0 unspecified atom stereocenters. The van der Waals surface area contributed by atoms with Crippen molar-refractivity contribution in [3.63, 3.8) is 0 Å². The fourth-order valence-electron chi connectivity index (χ4n) is 2.73. The number of likely N-dealkylation sites (N-methyl/N-ethyl adjacent to an activating group) is 1. The molecular formula is C18H25N3O4. The summed E-state index contributed by atoms with van der Waals surface area (Å²) in [5, 5.41) is 2.86. The van der Waals surface area contributed by atoms with E-state index in [9.17, 15) is 14.4 Å². The number of carbonyl (C=O) groups is 3. The van der Waals surface area contributed by atoms with Gasteiger partial charge in [0.05, 0.1) is 12.6 Å². The Hall–Kier alpha value is -2.57. The Labute approximate surface area is 147 Å². The van der Waals surface area contributed by atoms with Crippen LogP contribution in [0.4, 0.5) is 0 Å². The number of hydrogen-bond acceptors (Lipinski definition) is 4. The fraction of sp³-hybridized carbons (Fsp3) is 0.500. The predicted octanol–water partition coefficient (Wildman–Crippen LogP) is 0.953. The minimum Gasteiger partial charge on any atom is -0.494 e. The Morgan fingerprint density at radius 1 is 1.12 bits per heavy atom. The average molecular weight is 347 g/mol. The quantitative estimate of drug-likeness (QED) is 0.745. The van der Waals surface area contributed by atoms with Crippen LogP contribution in [0, 0.1) is 0 Å². The monoisotopic (exact) mass is 347 g/mol. The van der Waals surface area contributed by atoms with E-state index < -0.39 is 11.8 Å². The number of carbonyl (C=O) groups excluding carboxylic acids is 3. The maximum atomic E-state index is 12.2. The number of amides is 3. The molecular weight excluding hydrogens is 322 g/mol. The molecule has 136 valence electrons. The van der Waals surface area contributed by atoms with E-state index in [0.29, 0.717) is 26.2 Å². The van der Waals surface area contributed by atoms with Crippen LogP contribution >= 0.6 is 0 Å². The first-order valence-electron chi connectivity index (χ1n) is 8.56. The molecule has 0 aliphatic carbocycles. The Balaban J connectivity index is 1.89. The van der Waals surface area contributed by atoms with Gasteiger partial charge in [0.25, 0.3) is 0 Å². The number of benzene rings is 1. The highest BCUT2D eigenvalue weighted by molar-refractivity contribution is 6.35. The summed E-state index contributed by atoms with van der Waals surface area (Å²) in [5.41, 5.74) is 0.940. The Morgan fingerprint density at radius 2 is 1.72 bits per heavy atom. The summed E-state index contributed by atoms with van der Waals surface area (Å²) < 4.78 is 5.39. The van der Waals surface area contributed by atoms with E-state index in [1.807, 2.05) is 45.0 Å². The number of piperazine rings is 1. The van der Waals surface area contributed by atoms with Crippen LogP contribution < -0.4 is 10.1 Å². The molecule has 7 nitrogen and oxygen atoms in total. The van der Waals surface area contributed by atoms with Gasteiger partial charge >= 0.3 is 11.8 Å². The van der Waals surface area contributed by atoms with Crippen LogP contribution in [-0.2, 0) is 14.4 Å². The smallest absolute Gasteiger partial charge is 0.312 e. The van der Waals surface area contributed by atoms with E-state index in [-0.39, 0.29) is 18.5 Å². The molecule has 2 rings (SSSR count). The van der Waals surface area contributed by atoms with Gasteiger partial charge in [0, 0.05) is 19.6 Å². The van der Waals surface area contributed by atoms with E-state index in [4.69, 9.17) is 4.74 Å². The van der Waals surface area contributed by atoms with Gasteiger partial charge in [-0.2, -0.15) is 0 Å². The number of ether oxygens (including phenoxy) is 1. The molecule has 0 spiro atoms. The fourth-order valence-corrected chi connectivity index (χ4v) is 2.73. The van der Waals surface area contributed by atoms with E-state index in [0.717, 1.165) is 11.3 Å². The van der Waals surface area contributed by atoms with E-state index in [2.05, 4.69) is 5.32 Å². The van der Waals surface area contributed by atoms with Gasteiger partial charge in [0.1, 0.15) is 12.3 Å². The molecule has 1 aromatic carbocycles. The summed E-state index contributed by atoms with van der Waals surface area (Å²) in [5.74, 6) is -0.659. The van der Waals surface area contributed by atoms with Gasteiger partial charge in [-0.05, 0) is 38.5 Å². The van der Waals surface area contributed by atoms with E-state index >= 15 is 0 Å². The molecule has 1 aliphatic heterocycles. The lowest BCUT2D eigenvalue weighted by atomic mass is 10.1. The van der Waals surface area contributed by atoms with Crippen molar-refractivity contribution in [3.05, 3.63) is 29.8 Å². The lowest BCUT2D eigenvalue weighted by molar-refractivity contribution is -0.156. The third-order valence-electron chi connectivity index (χ3n) is 4.18. The highest BCUT2D eigenvalue weighted by atomic mass is 16.5. The van der Waals surface area contributed by atoms with Gasteiger partial charge in [0.2, 0.25) is 5.91 Å². The molecule has 3 amide bonds. The summed E-state index contributed by atoms with van der Waals surface area (Å²) in [4.78, 5) is 38.9. The summed E-state index contributed by atoms with van der Waals surface area (Å²) >= 11 is 0. The number of hydrogen-bond donors (Lipinski definition) is 1. The first kappa shape index (κ1) is 18.8. The van der Waals surface area contributed by atoms with Gasteiger partial charge in [-0.1, -0.05) is 12.1 Å². The molecule has 1 N–H and O–H groups in total. The largest absolute Gasteiger partial charge is 0.494 e. The second kappa shape index (κ2) is 8.50. The molecule has 25 heavy (non-hydrogen) atoms. The molecule has 1 saturated heterocycles. The maximum absolute atomic E-state index is 12.2. The number of nitrogens with zero attached hydrogens (tertiary/aromatic N) is 2. The Morgan fingerprint density at radius 3 is 2.32 bits per heavy atom. The second-order valence-corrected chi connectivity index (χ2v) is 5.90. The molecule has 0 bridgehead atoms. The van der Waals surface area contributed by atoms with Gasteiger partial charge in [-0.3, -0.25) is 14.4 Å². The normalized spacial score (nSPS) is 16.0. The minimum absolute atomic E-state index is 0.108. The van der Waals surface area contributed by atoms with Crippen molar-refractivity contribution < 1.29 is 19.1 Å². The SMILES string of the molecule is CCOc1ccc([C@@H](C)NC(=O)CN2CCN(CC)C(=O)C2=O)cc1. The van der Waals surface area contributed by atoms with Crippen LogP contribution in [0.25, 0.3) is 0 Å². The number of rotatable bonds is 7. The highest BCUT2D eigenvalue weighted by Crippen LogP contribution is 2.17. The van der Waals surface area contributed by atoms with Crippen LogP contribution in [0.1, 0.15) is 32.4 Å². The lowest BCUT2D eigenvalue weighted by Gasteiger charge is -2.32. The predicted molar refractivity (Wildman–Crippen MR) is 93.0 cm³/mol. The molecule has 0 radical (unpaired) electrons. The van der Waals surface area contributed by atoms with E-state index in [1.54, 1.807) is 0 Å². The van der Waals surface area contributed by atoms with Crippen LogP contribution in [0.5, 0.6) is 5.75 Å². The lowest BCUT2D eigenvalue weighted by Crippen LogP contribution is -2.56. The average Bonchev–Trinajstić information content (AvgIpc) is 2.60. The third kappa shape index (κ3) is 4.71. The van der Waals surface area contributed by atoms with Crippen molar-refractivity contribution in [2.45, 2.75) is 26.8 Å². The molecule has 1 aliphatic rings. The molecule has 0 saturated carbocycles. The van der Waals surface area contributed by atoms with Gasteiger partial charge < -0.3 is 19.9 Å². The van der Waals surface area contributed by atoms with Crippen molar-refractivity contribution in [1.29, 1.82) is 0 Å². The third-order valence-corrected chi connectivity index (χ3v) is 4.18. The first-order valence-corrected chi connectivity index (χ1v) is 8.56. The van der Waals surface area contributed by atoms with Crippen molar-refractivity contribution >= 4 is 17.7 Å². The Bertz CT molecular complexity index is 630. The summed E-state index contributed by atoms with van der Waals surface area (Å²) in [6.07, 6.45) is 0. The highest BCUT2D eigenvalue weighted by Gasteiger charge is 2.32. The van der Waals surface area contributed by atoms with Crippen LogP contribution in [-0.4, -0.2) is 60.3 Å². The molecule has 0 aromatic heterocycles. The van der Waals surface area contributed by atoms with Crippen molar-refractivity contribution in [1.82, 2.24) is 15.1 Å². The van der Waals surface area contributed by atoms with Gasteiger partial charge in [-0.25, -0.2) is 0 Å². The number of nitrogens with one attached hydrogen (secondary N) is 1. The second-order valence-electron chi connectivity index (χ2n) is 5.90. The minimum atomic E-state index is -0.614. The van der Waals surface area contributed by atoms with Crippen molar-refractivity contribution in [2.75, 3.05) is 32.8 Å². The van der Waals surface area contributed by atoms with Gasteiger partial charge in [-0.15, -0.1) is 0 Å². The molecule has 7 heteroatoms. The topological polar surface area (TPSA) is 79.0 Å². The molecule has 1 atom stereocenters. The van der Waals surface area contributed by atoms with Crippen molar-refractivity contribution in [2.24, 2.45) is 0 Å². The van der Waals surface area contributed by atoms with Crippen molar-refractivity contribution in [3.8, 4) is 5.75 Å².